The summed E-state index contributed by atoms with van der Waals surface area (Å²) in [5.74, 6) is 3.75. The Kier molecular flexibility index (Phi) is 31.5. The van der Waals surface area contributed by atoms with E-state index >= 15 is 0 Å². The van der Waals surface area contributed by atoms with Gasteiger partial charge in [0.15, 0.2) is 0 Å². The summed E-state index contributed by atoms with van der Waals surface area (Å²) >= 11 is 0. The summed E-state index contributed by atoms with van der Waals surface area (Å²) in [6.45, 7) is 26.8. The quantitative estimate of drug-likeness (QED) is 0.0269. The highest BCUT2D eigenvalue weighted by Crippen LogP contribution is 2.43. The monoisotopic (exact) mass is 1660 g/mol. The standard InChI is InChI=1S/C107H108N12O6/c1-76-48-98(124-74-85-54-100(120-44-40-116(9)94-32-24-77(25-33-94)16-20-81-14-13-15-87(50-81)91(67-108)68-109)59-101(55-85)121-45-41-117(10)95-34-26-78(27-35-95)17-21-82-51-88(92(69-110)70-111)64-105(2,3)61-82)58-99(49-76)125-75-86-56-102(122-46-42-118(11)96-36-28-79(29-37-96)18-22-83-52-89(93(71-112)72-113)65-106(4,5)62-83)60-103(57-86)123-47-43-119(12)97-38-30-80(31-39-97)19-23-84-53-90(104(73-114)115-8)66-107(6,7)63-84/h16-39,48-60H,13-15,40-47,61-66,74-75H2,1-7,9-12H3/b20-16+,21-17+,22-18+,23-19+,104-90+. The molecule has 125 heavy (non-hydrogen) atoms. The van der Waals surface area contributed by atoms with E-state index in [1.807, 2.05) is 126 Å². The number of hydrogen-bond donors (Lipinski definition) is 0. The van der Waals surface area contributed by atoms with Gasteiger partial charge in [-0.1, -0.05) is 163 Å². The molecule has 0 atom stereocenters. The van der Waals surface area contributed by atoms with E-state index in [1.165, 1.54) is 0 Å². The molecule has 0 aromatic heterocycles. The molecule has 7 aromatic carbocycles. The van der Waals surface area contributed by atoms with Gasteiger partial charge in [0.1, 0.15) is 127 Å². The molecule has 4 aliphatic rings. The van der Waals surface area contributed by atoms with E-state index in [2.05, 4.69) is 242 Å². The van der Waals surface area contributed by atoms with Gasteiger partial charge in [0.2, 0.25) is 0 Å². The Balaban J connectivity index is 0.762. The molecule has 0 aliphatic heterocycles. The van der Waals surface area contributed by atoms with Gasteiger partial charge in [-0.3, -0.25) is 0 Å². The van der Waals surface area contributed by atoms with E-state index in [0.717, 1.165) is 145 Å². The first-order chi connectivity index (χ1) is 60.2. The predicted octanol–water partition coefficient (Wildman–Crippen LogP) is 23.3. The van der Waals surface area contributed by atoms with Crippen molar-refractivity contribution < 1.29 is 28.4 Å². The van der Waals surface area contributed by atoms with Crippen molar-refractivity contribution in [2.75, 3.05) is 100 Å². The molecule has 632 valence electrons. The fraction of sp³-hybridized carbons (Fsp3) is 0.308. The van der Waals surface area contributed by atoms with Crippen LogP contribution in [0.2, 0.25) is 0 Å². The number of nitrogens with zero attached hydrogens (tertiary/aromatic N) is 12. The van der Waals surface area contributed by atoms with Crippen molar-refractivity contribution in [3.8, 4) is 77.0 Å². The van der Waals surface area contributed by atoms with Gasteiger partial charge in [-0.25, -0.2) is 10.1 Å². The molecule has 0 heterocycles. The zero-order valence-corrected chi connectivity index (χ0v) is 73.6. The molecule has 7 aromatic rings. The lowest BCUT2D eigenvalue weighted by Crippen LogP contribution is -2.24. The van der Waals surface area contributed by atoms with Crippen LogP contribution in [0.25, 0.3) is 29.1 Å². The first-order valence-corrected chi connectivity index (χ1v) is 42.3. The second-order valence-corrected chi connectivity index (χ2v) is 34.7. The van der Waals surface area contributed by atoms with E-state index in [4.69, 9.17) is 35.0 Å². The van der Waals surface area contributed by atoms with Gasteiger partial charge in [0.05, 0.1) is 38.8 Å². The molecule has 18 heteroatoms. The fourth-order valence-electron chi connectivity index (χ4n) is 15.9. The van der Waals surface area contributed by atoms with Crippen molar-refractivity contribution in [3.63, 3.8) is 0 Å². The second-order valence-electron chi connectivity index (χ2n) is 34.7. The van der Waals surface area contributed by atoms with Gasteiger partial charge in [-0.2, -0.15) is 31.6 Å². The van der Waals surface area contributed by atoms with Crippen molar-refractivity contribution in [1.82, 2.24) is 0 Å². The molecule has 11 rings (SSSR count). The number of rotatable bonds is 34. The molecule has 0 spiro atoms. The third kappa shape index (κ3) is 27.2. The van der Waals surface area contributed by atoms with E-state index in [0.29, 0.717) is 106 Å². The Bertz CT molecular complexity index is 5620. The summed E-state index contributed by atoms with van der Waals surface area (Å²) in [5.41, 5.74) is 18.7. The van der Waals surface area contributed by atoms with Gasteiger partial charge in [0, 0.05) is 69.1 Å². The number of anilines is 4. The van der Waals surface area contributed by atoms with Crippen LogP contribution in [0.1, 0.15) is 138 Å². The van der Waals surface area contributed by atoms with Crippen molar-refractivity contribution in [1.29, 1.82) is 36.8 Å². The smallest absolute Gasteiger partial charge is 0.265 e. The van der Waals surface area contributed by atoms with Crippen LogP contribution in [0.4, 0.5) is 22.7 Å². The maximum atomic E-state index is 9.62. The third-order valence-electron chi connectivity index (χ3n) is 22.4. The number of likely N-dealkylation sites (N-methyl/N-ethyl adjacent to an activating group) is 4. The first kappa shape index (κ1) is 91.1. The zero-order valence-electron chi connectivity index (χ0n) is 73.6. The van der Waals surface area contributed by atoms with Gasteiger partial charge in [-0.05, 0) is 249 Å². The number of benzene rings is 7. The average molecular weight is 1660 g/mol. The highest BCUT2D eigenvalue weighted by atomic mass is 16.5. The van der Waals surface area contributed by atoms with Crippen molar-refractivity contribution in [2.45, 2.75) is 119 Å². The Morgan fingerprint density at radius 2 is 0.624 bits per heavy atom. The largest absolute Gasteiger partial charge is 0.492 e. The van der Waals surface area contributed by atoms with E-state index in [9.17, 15) is 36.8 Å². The summed E-state index contributed by atoms with van der Waals surface area (Å²) in [4.78, 5) is 12.1. The normalized spacial score (nSPS) is 15.4. The molecule has 0 saturated heterocycles. The summed E-state index contributed by atoms with van der Waals surface area (Å²) < 4.78 is 39.6. The Labute approximate surface area is 738 Å². The Morgan fingerprint density at radius 1 is 0.344 bits per heavy atom. The summed E-state index contributed by atoms with van der Waals surface area (Å²) in [5, 5.41) is 67.0. The molecular formula is C107H108N12O6. The Morgan fingerprint density at radius 3 is 0.928 bits per heavy atom. The fourth-order valence-corrected chi connectivity index (χ4v) is 15.9. The Hall–Kier alpha value is -14.7. The molecule has 0 saturated carbocycles. The lowest BCUT2D eigenvalue weighted by molar-refractivity contribution is 0.282. The minimum atomic E-state index is -0.0781. The SMILES string of the molecule is [C-]#[N+]/C(C#N)=C1C=C(/C=C/c2ccc(N(C)CCOc3cc(COc4cc(C)cc(OCc5cc(OCCN(C)c6ccc(/C=C/C7=CC(=C(C#N)C#N)CCC7)cc6)cc(OCCN(C)c6ccc(/C=C/C7=CC(=C(C#N)C#N)CC(C)(C)C7)cc6)c5)c4)cc(OCCN(C)c4ccc(/C=C/C5=CC(=C(C#N)C#N)CC(C)(C)C5)cc4)c3)cc2)CC(C)(C)C\1. The average Bonchev–Trinajstić information content (AvgIpc) is 0.824. The molecule has 0 bridgehead atoms. The van der Waals surface area contributed by atoms with Gasteiger partial charge in [0.25, 0.3) is 5.70 Å². The zero-order chi connectivity index (χ0) is 89.1. The topological polar surface area (TPSA) is 239 Å². The molecule has 0 N–H and O–H groups in total. The second kappa shape index (κ2) is 43.2. The van der Waals surface area contributed by atoms with Crippen LogP contribution in [0.15, 0.2) is 267 Å². The predicted molar refractivity (Wildman–Crippen MR) is 499 cm³/mol. The molecule has 0 fully saturated rings. The molecule has 18 nitrogen and oxygen atoms in total. The minimum Gasteiger partial charge on any atom is -0.492 e. The van der Waals surface area contributed by atoms with Crippen molar-refractivity contribution >= 4 is 47.1 Å². The molecule has 0 unspecified atom stereocenters. The van der Waals surface area contributed by atoms with Crippen LogP contribution in [-0.2, 0) is 13.2 Å². The van der Waals surface area contributed by atoms with Gasteiger partial charge < -0.3 is 48.0 Å². The maximum absolute atomic E-state index is 9.62. The molecule has 4 aliphatic carbocycles. The first-order valence-electron chi connectivity index (χ1n) is 42.3. The number of aryl methyl sites for hydroxylation is 1. The van der Waals surface area contributed by atoms with Crippen LogP contribution in [0.5, 0.6) is 34.5 Å². The number of allylic oxidation sites excluding steroid dienone is 20. The van der Waals surface area contributed by atoms with Crippen molar-refractivity contribution in [2.24, 2.45) is 16.2 Å². The highest BCUT2D eigenvalue weighted by Gasteiger charge is 2.30. The summed E-state index contributed by atoms with van der Waals surface area (Å²) in [7, 11) is 8.16. The van der Waals surface area contributed by atoms with Crippen LogP contribution in [-0.4, -0.2) is 80.8 Å². The van der Waals surface area contributed by atoms with Crippen LogP contribution in [0.3, 0.4) is 0 Å². The van der Waals surface area contributed by atoms with E-state index < -0.39 is 0 Å². The third-order valence-corrected chi connectivity index (χ3v) is 22.4. The van der Waals surface area contributed by atoms with Gasteiger partial charge in [-0.15, -0.1) is 0 Å². The highest BCUT2D eigenvalue weighted by molar-refractivity contribution is 5.65. The van der Waals surface area contributed by atoms with Crippen LogP contribution >= 0.6 is 0 Å². The lowest BCUT2D eigenvalue weighted by Gasteiger charge is -2.30. The molecule has 0 radical (unpaired) electrons. The van der Waals surface area contributed by atoms with Crippen LogP contribution in [0, 0.1) is 109 Å². The van der Waals surface area contributed by atoms with Crippen LogP contribution < -0.4 is 48.0 Å². The van der Waals surface area contributed by atoms with E-state index in [-0.39, 0.29) is 51.9 Å². The summed E-state index contributed by atoms with van der Waals surface area (Å²) in [6.07, 6.45) is 31.6. The minimum absolute atomic E-state index is 0.0708. The summed E-state index contributed by atoms with van der Waals surface area (Å²) in [6, 6.07) is 65.4. The van der Waals surface area contributed by atoms with E-state index in [1.54, 1.807) is 0 Å². The van der Waals surface area contributed by atoms with Gasteiger partial charge >= 0.3 is 0 Å². The number of nitriles is 7. The van der Waals surface area contributed by atoms with Crippen molar-refractivity contribution in [3.05, 3.63) is 318 Å². The molecule has 0 amide bonds. The molecular weight excluding hydrogens is 1550 g/mol. The maximum Gasteiger partial charge on any atom is 0.265 e. The number of hydrogen-bond acceptors (Lipinski definition) is 17. The number of ether oxygens (including phenoxy) is 6. The lowest BCUT2D eigenvalue weighted by atomic mass is 9.74.